The summed E-state index contributed by atoms with van der Waals surface area (Å²) in [6, 6.07) is 1.51. The predicted octanol–water partition coefficient (Wildman–Crippen LogP) is 1.04. The van der Waals surface area contributed by atoms with E-state index in [9.17, 15) is 0 Å². The van der Waals surface area contributed by atoms with Gasteiger partial charge in [0.1, 0.15) is 0 Å². The van der Waals surface area contributed by atoms with Crippen LogP contribution in [-0.4, -0.2) is 97.6 Å². The van der Waals surface area contributed by atoms with E-state index in [1.807, 2.05) is 0 Å². The molecule has 4 heteroatoms. The molecule has 122 valence electrons. The topological polar surface area (TPSA) is 13.0 Å². The summed E-state index contributed by atoms with van der Waals surface area (Å²) in [4.78, 5) is 10.6. The van der Waals surface area contributed by atoms with E-state index >= 15 is 0 Å². The number of hydrogen-bond acceptors (Lipinski definition) is 4. The minimum absolute atomic E-state index is 0.729. The number of likely N-dealkylation sites (tertiary alicyclic amines) is 1. The standard InChI is InChI=1S/C17H34N4/c1-15(2)20-6-4-16(5-7-20)12-19-9-11-21-10-8-18(3)13-17(21)14-19/h15-17H,4-14H2,1-3H3/t17-/m0/s1. The van der Waals surface area contributed by atoms with Crippen LogP contribution in [0.4, 0.5) is 0 Å². The lowest BCUT2D eigenvalue weighted by molar-refractivity contribution is 0.00992. The molecule has 21 heavy (non-hydrogen) atoms. The van der Waals surface area contributed by atoms with Crippen LogP contribution < -0.4 is 0 Å². The van der Waals surface area contributed by atoms with Gasteiger partial charge in [-0.3, -0.25) is 4.90 Å². The van der Waals surface area contributed by atoms with E-state index in [0.717, 1.165) is 18.0 Å². The second-order valence-corrected chi connectivity index (χ2v) is 7.78. The molecule has 0 aromatic carbocycles. The van der Waals surface area contributed by atoms with Gasteiger partial charge >= 0.3 is 0 Å². The summed E-state index contributed by atoms with van der Waals surface area (Å²) in [6.07, 6.45) is 2.81. The van der Waals surface area contributed by atoms with Crippen molar-refractivity contribution in [3.63, 3.8) is 0 Å². The van der Waals surface area contributed by atoms with Crippen LogP contribution in [0.2, 0.25) is 0 Å². The average Bonchev–Trinajstić information content (AvgIpc) is 2.47. The van der Waals surface area contributed by atoms with Gasteiger partial charge in [0.2, 0.25) is 0 Å². The molecule has 0 aliphatic carbocycles. The van der Waals surface area contributed by atoms with Gasteiger partial charge < -0.3 is 14.7 Å². The van der Waals surface area contributed by atoms with Crippen LogP contribution in [0.15, 0.2) is 0 Å². The van der Waals surface area contributed by atoms with Gasteiger partial charge in [-0.15, -0.1) is 0 Å². The Morgan fingerprint density at radius 1 is 0.905 bits per heavy atom. The van der Waals surface area contributed by atoms with Gasteiger partial charge in [0.25, 0.3) is 0 Å². The Morgan fingerprint density at radius 2 is 1.62 bits per heavy atom. The lowest BCUT2D eigenvalue weighted by Crippen LogP contribution is -2.61. The van der Waals surface area contributed by atoms with Crippen molar-refractivity contribution in [2.75, 3.05) is 66.0 Å². The molecule has 3 heterocycles. The molecule has 0 unspecified atom stereocenters. The van der Waals surface area contributed by atoms with Gasteiger partial charge in [0, 0.05) is 57.9 Å². The number of fused-ring (bicyclic) bond motifs is 1. The zero-order chi connectivity index (χ0) is 14.8. The van der Waals surface area contributed by atoms with Gasteiger partial charge in [-0.05, 0) is 52.7 Å². The lowest BCUT2D eigenvalue weighted by atomic mass is 9.94. The van der Waals surface area contributed by atoms with Gasteiger partial charge in [0.15, 0.2) is 0 Å². The van der Waals surface area contributed by atoms with Crippen molar-refractivity contribution in [2.24, 2.45) is 5.92 Å². The first-order valence-electron chi connectivity index (χ1n) is 9.01. The Bertz CT molecular complexity index is 325. The summed E-state index contributed by atoms with van der Waals surface area (Å²) in [7, 11) is 2.28. The molecule has 3 aliphatic heterocycles. The third-order valence-corrected chi connectivity index (χ3v) is 5.88. The largest absolute Gasteiger partial charge is 0.303 e. The number of rotatable bonds is 3. The smallest absolute Gasteiger partial charge is 0.0351 e. The maximum Gasteiger partial charge on any atom is 0.0351 e. The van der Waals surface area contributed by atoms with E-state index in [1.165, 1.54) is 71.7 Å². The van der Waals surface area contributed by atoms with Gasteiger partial charge in [-0.1, -0.05) is 0 Å². The first-order chi connectivity index (χ1) is 10.1. The van der Waals surface area contributed by atoms with Crippen LogP contribution in [0.5, 0.6) is 0 Å². The van der Waals surface area contributed by atoms with Gasteiger partial charge in [-0.25, -0.2) is 0 Å². The van der Waals surface area contributed by atoms with Crippen molar-refractivity contribution in [3.8, 4) is 0 Å². The van der Waals surface area contributed by atoms with Crippen molar-refractivity contribution >= 4 is 0 Å². The highest BCUT2D eigenvalue weighted by atomic mass is 15.3. The molecular weight excluding hydrogens is 260 g/mol. The summed E-state index contributed by atoms with van der Waals surface area (Å²) in [6.45, 7) is 16.3. The molecule has 3 fully saturated rings. The molecule has 1 atom stereocenters. The van der Waals surface area contributed by atoms with Crippen molar-refractivity contribution in [2.45, 2.75) is 38.8 Å². The molecule has 3 rings (SSSR count). The fourth-order valence-corrected chi connectivity index (χ4v) is 4.36. The Kier molecular flexibility index (Phi) is 5.20. The molecule has 0 aromatic heterocycles. The van der Waals surface area contributed by atoms with E-state index in [1.54, 1.807) is 0 Å². The fourth-order valence-electron chi connectivity index (χ4n) is 4.36. The summed E-state index contributed by atoms with van der Waals surface area (Å²) in [5.74, 6) is 0.938. The van der Waals surface area contributed by atoms with Crippen LogP contribution in [0.1, 0.15) is 26.7 Å². The van der Waals surface area contributed by atoms with Crippen molar-refractivity contribution in [1.29, 1.82) is 0 Å². The van der Waals surface area contributed by atoms with Crippen LogP contribution in [0, 0.1) is 5.92 Å². The molecule has 0 amide bonds. The van der Waals surface area contributed by atoms with Gasteiger partial charge in [0.05, 0.1) is 0 Å². The second kappa shape index (κ2) is 6.95. The number of likely N-dealkylation sites (N-methyl/N-ethyl adjacent to an activating group) is 1. The monoisotopic (exact) mass is 294 g/mol. The summed E-state index contributed by atoms with van der Waals surface area (Å²) in [5, 5.41) is 0. The minimum atomic E-state index is 0.729. The van der Waals surface area contributed by atoms with E-state index in [-0.39, 0.29) is 0 Å². The minimum Gasteiger partial charge on any atom is -0.303 e. The highest BCUT2D eigenvalue weighted by Gasteiger charge is 2.32. The highest BCUT2D eigenvalue weighted by molar-refractivity contribution is 4.89. The molecule has 0 spiro atoms. The molecule has 0 saturated carbocycles. The number of hydrogen-bond donors (Lipinski definition) is 0. The molecular formula is C17H34N4. The van der Waals surface area contributed by atoms with Crippen LogP contribution in [0.3, 0.4) is 0 Å². The Labute approximate surface area is 131 Å². The molecule has 0 N–H and O–H groups in total. The Balaban J connectivity index is 1.44. The second-order valence-electron chi connectivity index (χ2n) is 7.78. The molecule has 3 saturated heterocycles. The molecule has 4 nitrogen and oxygen atoms in total. The van der Waals surface area contributed by atoms with Crippen LogP contribution in [-0.2, 0) is 0 Å². The average molecular weight is 294 g/mol. The molecule has 0 radical (unpaired) electrons. The van der Waals surface area contributed by atoms with E-state index in [4.69, 9.17) is 0 Å². The Morgan fingerprint density at radius 3 is 2.33 bits per heavy atom. The Hall–Kier alpha value is -0.160. The normalized spacial score (nSPS) is 31.7. The zero-order valence-corrected chi connectivity index (χ0v) is 14.3. The quantitative estimate of drug-likeness (QED) is 0.771. The summed E-state index contributed by atoms with van der Waals surface area (Å²) >= 11 is 0. The van der Waals surface area contributed by atoms with E-state index in [2.05, 4.69) is 40.5 Å². The number of piperazine rings is 2. The van der Waals surface area contributed by atoms with Crippen molar-refractivity contribution in [1.82, 2.24) is 19.6 Å². The first kappa shape index (κ1) is 15.7. The van der Waals surface area contributed by atoms with Crippen molar-refractivity contribution < 1.29 is 0 Å². The summed E-state index contributed by atoms with van der Waals surface area (Å²) in [5.41, 5.74) is 0. The molecule has 0 bridgehead atoms. The third-order valence-electron chi connectivity index (χ3n) is 5.88. The van der Waals surface area contributed by atoms with Crippen molar-refractivity contribution in [3.05, 3.63) is 0 Å². The van der Waals surface area contributed by atoms with Crippen LogP contribution >= 0.6 is 0 Å². The lowest BCUT2D eigenvalue weighted by Gasteiger charge is -2.47. The number of nitrogens with zero attached hydrogens (tertiary/aromatic N) is 4. The highest BCUT2D eigenvalue weighted by Crippen LogP contribution is 2.22. The van der Waals surface area contributed by atoms with Crippen LogP contribution in [0.25, 0.3) is 0 Å². The SMILES string of the molecule is CC(C)N1CCC(CN2CCN3CCN(C)C[C@H]3C2)CC1. The summed E-state index contributed by atoms with van der Waals surface area (Å²) < 4.78 is 0. The maximum absolute atomic E-state index is 2.76. The first-order valence-corrected chi connectivity index (χ1v) is 9.01. The zero-order valence-electron chi connectivity index (χ0n) is 14.3. The molecule has 0 aromatic rings. The third kappa shape index (κ3) is 3.98. The van der Waals surface area contributed by atoms with E-state index < -0.39 is 0 Å². The fraction of sp³-hybridized carbons (Fsp3) is 1.00. The van der Waals surface area contributed by atoms with Gasteiger partial charge in [-0.2, -0.15) is 0 Å². The van der Waals surface area contributed by atoms with E-state index in [0.29, 0.717) is 0 Å². The number of piperidine rings is 1. The molecule has 3 aliphatic rings. The maximum atomic E-state index is 2.76. The predicted molar refractivity (Wildman–Crippen MR) is 88.7 cm³/mol.